The Kier molecular flexibility index (Phi) is 7.22. The van der Waals surface area contributed by atoms with Crippen molar-refractivity contribution in [1.82, 2.24) is 4.57 Å². The number of hydrogen-bond acceptors (Lipinski definition) is 6. The Balaban J connectivity index is 2.45. The lowest BCUT2D eigenvalue weighted by Crippen LogP contribution is -2.19. The van der Waals surface area contributed by atoms with E-state index in [4.69, 9.17) is 4.74 Å². The first-order chi connectivity index (χ1) is 13.2. The van der Waals surface area contributed by atoms with Crippen LogP contribution in [0.1, 0.15) is 52.9 Å². The molecule has 1 heterocycles. The molecule has 0 bridgehead atoms. The number of non-ortho nitro benzene ring substituents is 1. The average molecular weight is 405 g/mol. The lowest BCUT2D eigenvalue weighted by molar-refractivity contribution is -0.384. The number of aromatic nitrogens is 1. The van der Waals surface area contributed by atoms with Gasteiger partial charge in [0.1, 0.15) is 4.88 Å². The van der Waals surface area contributed by atoms with Gasteiger partial charge in [-0.2, -0.15) is 4.99 Å². The lowest BCUT2D eigenvalue weighted by atomic mass is 10.1. The number of ether oxygens (including phenoxy) is 1. The smallest absolute Gasteiger partial charge is 0.350 e. The highest BCUT2D eigenvalue weighted by molar-refractivity contribution is 7.11. The predicted molar refractivity (Wildman–Crippen MR) is 105 cm³/mol. The van der Waals surface area contributed by atoms with Gasteiger partial charge in [0.05, 0.1) is 11.5 Å². The van der Waals surface area contributed by atoms with Gasteiger partial charge in [0.25, 0.3) is 11.6 Å². The Bertz CT molecular complexity index is 941. The first kappa shape index (κ1) is 21.5. The minimum atomic E-state index is -0.528. The minimum Gasteiger partial charge on any atom is -0.462 e. The van der Waals surface area contributed by atoms with Crippen LogP contribution < -0.4 is 4.80 Å². The van der Waals surface area contributed by atoms with E-state index in [0.29, 0.717) is 27.8 Å². The molecule has 0 atom stereocenters. The summed E-state index contributed by atoms with van der Waals surface area (Å²) in [4.78, 5) is 40.0. The molecule has 28 heavy (non-hydrogen) atoms. The first-order valence-electron chi connectivity index (χ1n) is 8.95. The molecular weight excluding hydrogens is 382 g/mol. The van der Waals surface area contributed by atoms with Gasteiger partial charge in [0.15, 0.2) is 4.80 Å². The Morgan fingerprint density at radius 3 is 2.46 bits per heavy atom. The van der Waals surface area contributed by atoms with Gasteiger partial charge in [-0.25, -0.2) is 4.79 Å². The zero-order valence-corrected chi connectivity index (χ0v) is 17.1. The molecule has 8 nitrogen and oxygen atoms in total. The summed E-state index contributed by atoms with van der Waals surface area (Å²) >= 11 is 1.11. The van der Waals surface area contributed by atoms with E-state index in [9.17, 15) is 19.7 Å². The van der Waals surface area contributed by atoms with E-state index in [1.165, 1.54) is 24.3 Å². The molecule has 1 aromatic carbocycles. The van der Waals surface area contributed by atoms with Gasteiger partial charge in [0.2, 0.25) is 0 Å². The topological polar surface area (TPSA) is 104 Å². The second-order valence-corrected chi connectivity index (χ2v) is 7.55. The largest absolute Gasteiger partial charge is 0.462 e. The van der Waals surface area contributed by atoms with Crippen molar-refractivity contribution in [1.29, 1.82) is 0 Å². The number of nitro groups is 1. The highest BCUT2D eigenvalue weighted by atomic mass is 32.1. The Morgan fingerprint density at radius 2 is 1.93 bits per heavy atom. The van der Waals surface area contributed by atoms with Crippen LogP contribution in [0.2, 0.25) is 0 Å². The summed E-state index contributed by atoms with van der Waals surface area (Å²) in [6, 6.07) is 5.27. The van der Waals surface area contributed by atoms with Crippen LogP contribution >= 0.6 is 11.3 Å². The zero-order chi connectivity index (χ0) is 20.8. The van der Waals surface area contributed by atoms with Gasteiger partial charge >= 0.3 is 5.97 Å². The number of hydrogen-bond donors (Lipinski definition) is 0. The molecule has 0 aliphatic rings. The van der Waals surface area contributed by atoms with Gasteiger partial charge < -0.3 is 9.30 Å². The first-order valence-corrected chi connectivity index (χ1v) is 9.77. The Labute approximate surface area is 166 Å². The molecule has 0 N–H and O–H groups in total. The second kappa shape index (κ2) is 9.41. The molecule has 0 saturated heterocycles. The number of rotatable bonds is 7. The highest BCUT2D eigenvalue weighted by Gasteiger charge is 2.19. The molecule has 1 aromatic heterocycles. The third kappa shape index (κ3) is 5.13. The maximum atomic E-state index is 12.5. The van der Waals surface area contributed by atoms with Gasteiger partial charge in [-0.1, -0.05) is 25.2 Å². The molecule has 9 heteroatoms. The normalized spacial score (nSPS) is 11.7. The maximum Gasteiger partial charge on any atom is 0.350 e. The van der Waals surface area contributed by atoms with Gasteiger partial charge in [-0.15, -0.1) is 0 Å². The van der Waals surface area contributed by atoms with Crippen LogP contribution in [0.25, 0.3) is 0 Å². The van der Waals surface area contributed by atoms with E-state index in [0.717, 1.165) is 17.8 Å². The molecule has 2 aromatic rings. The standard InChI is InChI=1S/C19H23N3O5S/c1-5-27-18(24)16-13(4)21(11-10-12(2)3)19(28-16)20-17(23)14-6-8-15(9-7-14)22(25)26/h6-9,12H,5,10-11H2,1-4H3. The monoisotopic (exact) mass is 405 g/mol. The van der Waals surface area contributed by atoms with Crippen LogP contribution in [0.5, 0.6) is 0 Å². The van der Waals surface area contributed by atoms with Crippen LogP contribution in [0, 0.1) is 23.0 Å². The van der Waals surface area contributed by atoms with Crippen LogP contribution in [-0.2, 0) is 11.3 Å². The molecule has 1 amide bonds. The number of benzene rings is 1. The Hall–Kier alpha value is -2.81. The SMILES string of the molecule is CCOC(=O)c1sc(=NC(=O)c2ccc([N+](=O)[O-])cc2)n(CCC(C)C)c1C. The summed E-state index contributed by atoms with van der Waals surface area (Å²) < 4.78 is 6.94. The highest BCUT2D eigenvalue weighted by Crippen LogP contribution is 2.16. The molecule has 150 valence electrons. The van der Waals surface area contributed by atoms with E-state index in [-0.39, 0.29) is 17.9 Å². The molecule has 0 saturated carbocycles. The zero-order valence-electron chi connectivity index (χ0n) is 16.3. The van der Waals surface area contributed by atoms with E-state index < -0.39 is 16.8 Å². The van der Waals surface area contributed by atoms with Gasteiger partial charge in [-0.3, -0.25) is 14.9 Å². The molecule has 0 spiro atoms. The van der Waals surface area contributed by atoms with E-state index in [2.05, 4.69) is 18.8 Å². The van der Waals surface area contributed by atoms with Crippen LogP contribution in [0.4, 0.5) is 5.69 Å². The van der Waals surface area contributed by atoms with Crippen molar-refractivity contribution < 1.29 is 19.2 Å². The molecule has 0 aliphatic heterocycles. The number of thiazole rings is 1. The van der Waals surface area contributed by atoms with Crippen molar-refractivity contribution >= 4 is 28.9 Å². The van der Waals surface area contributed by atoms with Gasteiger partial charge in [-0.05, 0) is 38.3 Å². The van der Waals surface area contributed by atoms with E-state index in [1.54, 1.807) is 13.8 Å². The number of nitro benzene ring substituents is 1. The molecule has 0 radical (unpaired) electrons. The summed E-state index contributed by atoms with van der Waals surface area (Å²) in [5.41, 5.74) is 0.851. The summed E-state index contributed by atoms with van der Waals surface area (Å²) in [5, 5.41) is 10.8. The fraction of sp³-hybridized carbons (Fsp3) is 0.421. The van der Waals surface area contributed by atoms with Crippen LogP contribution in [0.3, 0.4) is 0 Å². The average Bonchev–Trinajstić information content (AvgIpc) is 2.95. The molecule has 0 unspecified atom stereocenters. The number of esters is 1. The fourth-order valence-electron chi connectivity index (χ4n) is 2.48. The number of carbonyl (C=O) groups excluding carboxylic acids is 2. The lowest BCUT2D eigenvalue weighted by Gasteiger charge is -2.09. The summed E-state index contributed by atoms with van der Waals surface area (Å²) in [6.07, 6.45) is 0.860. The molecular formula is C19H23N3O5S. The van der Waals surface area contributed by atoms with Crippen molar-refractivity contribution in [3.8, 4) is 0 Å². The summed E-state index contributed by atoms with van der Waals surface area (Å²) in [6.45, 7) is 8.60. The van der Waals surface area contributed by atoms with E-state index in [1.807, 2.05) is 4.57 Å². The number of amides is 1. The third-order valence-corrected chi connectivity index (χ3v) is 5.23. The van der Waals surface area contributed by atoms with Crippen LogP contribution in [-0.4, -0.2) is 28.0 Å². The third-order valence-electron chi connectivity index (χ3n) is 4.07. The predicted octanol–water partition coefficient (Wildman–Crippen LogP) is 3.73. The molecule has 0 aliphatic carbocycles. The van der Waals surface area contributed by atoms with E-state index >= 15 is 0 Å². The molecule has 0 fully saturated rings. The Morgan fingerprint density at radius 1 is 1.29 bits per heavy atom. The van der Waals surface area contributed by atoms with Crippen molar-refractivity contribution in [2.75, 3.05) is 6.61 Å². The van der Waals surface area contributed by atoms with Crippen molar-refractivity contribution in [2.24, 2.45) is 10.9 Å². The van der Waals surface area contributed by atoms with Crippen molar-refractivity contribution in [2.45, 2.75) is 40.7 Å². The molecule has 2 rings (SSSR count). The van der Waals surface area contributed by atoms with Crippen LogP contribution in [0.15, 0.2) is 29.3 Å². The van der Waals surface area contributed by atoms with Gasteiger partial charge in [0, 0.05) is 29.9 Å². The number of carbonyl (C=O) groups is 2. The maximum absolute atomic E-state index is 12.5. The second-order valence-electron chi connectivity index (χ2n) is 6.57. The summed E-state index contributed by atoms with van der Waals surface area (Å²) in [7, 11) is 0. The van der Waals surface area contributed by atoms with Crippen molar-refractivity contribution in [3.05, 3.63) is 55.3 Å². The minimum absolute atomic E-state index is 0.0971. The quantitative estimate of drug-likeness (QED) is 0.397. The fourth-order valence-corrected chi connectivity index (χ4v) is 3.53. The number of nitrogens with zero attached hydrogens (tertiary/aromatic N) is 3. The van der Waals surface area contributed by atoms with Crippen molar-refractivity contribution in [3.63, 3.8) is 0 Å². The summed E-state index contributed by atoms with van der Waals surface area (Å²) in [5.74, 6) is -0.520.